The fraction of sp³-hybridized carbons (Fsp3) is 0.471. The lowest BCUT2D eigenvalue weighted by atomic mass is 10.2. The molecule has 1 aliphatic heterocycles. The molecule has 3 N–H and O–H groups in total. The lowest BCUT2D eigenvalue weighted by Crippen LogP contribution is -2.25. The Balaban J connectivity index is 1.57. The number of nitrogens with one attached hydrogen (secondary N) is 1. The van der Waals surface area contributed by atoms with Crippen LogP contribution in [0.2, 0.25) is 0 Å². The second-order valence-corrected chi connectivity index (χ2v) is 7.87. The zero-order valence-electron chi connectivity index (χ0n) is 14.5. The lowest BCUT2D eigenvalue weighted by molar-refractivity contribution is 0.0916. The molecule has 0 bridgehead atoms. The highest BCUT2D eigenvalue weighted by atomic mass is 32.1. The number of fused-ring (bicyclic) bond motifs is 2. The first kappa shape index (κ1) is 17.3. The largest absolute Gasteiger partial charge is 0.393 e. The predicted octanol–water partition coefficient (Wildman–Crippen LogP) is 0.921. The molecule has 4 rings (SSSR count). The van der Waals surface area contributed by atoms with Crippen LogP contribution in [0, 0.1) is 6.92 Å². The first-order chi connectivity index (χ1) is 12.5. The Morgan fingerprint density at radius 3 is 3.04 bits per heavy atom. The fourth-order valence-electron chi connectivity index (χ4n) is 3.33. The third-order valence-electron chi connectivity index (χ3n) is 4.57. The summed E-state index contributed by atoms with van der Waals surface area (Å²) in [4.78, 5) is 23.8. The van der Waals surface area contributed by atoms with E-state index in [9.17, 15) is 9.90 Å². The van der Waals surface area contributed by atoms with Crippen LogP contribution in [0.5, 0.6) is 0 Å². The Kier molecular flexibility index (Phi) is 4.62. The smallest absolute Gasteiger partial charge is 0.259 e. The van der Waals surface area contributed by atoms with Gasteiger partial charge in [-0.3, -0.25) is 14.4 Å². The van der Waals surface area contributed by atoms with Crippen molar-refractivity contribution >= 4 is 21.6 Å². The molecule has 0 unspecified atom stereocenters. The van der Waals surface area contributed by atoms with E-state index in [4.69, 9.17) is 5.11 Å². The molecule has 0 saturated heterocycles. The topological polar surface area (TPSA) is 107 Å². The van der Waals surface area contributed by atoms with Crippen molar-refractivity contribution in [2.75, 3.05) is 13.2 Å². The quantitative estimate of drug-likeness (QED) is 0.626. The van der Waals surface area contributed by atoms with Gasteiger partial charge in [0, 0.05) is 24.5 Å². The standard InChI is InChI=1S/C17H21N5O3S/c1-10-5-12-16(25)18-15(19-17(12)26-10)8-21-3-2-4-22-11(7-21)6-13(20-22)14(24)9-23/h5-6,14,23-24H,2-4,7-9H2,1H3,(H,18,19,25)/t14-/m1/s1. The molecule has 0 radical (unpaired) electrons. The minimum Gasteiger partial charge on any atom is -0.393 e. The second-order valence-electron chi connectivity index (χ2n) is 6.63. The molecule has 0 aliphatic carbocycles. The van der Waals surface area contributed by atoms with Crippen molar-refractivity contribution in [3.8, 4) is 0 Å². The van der Waals surface area contributed by atoms with Gasteiger partial charge in [-0.25, -0.2) is 4.98 Å². The molecular formula is C17H21N5O3S. The van der Waals surface area contributed by atoms with Gasteiger partial charge in [0.15, 0.2) is 0 Å². The number of aliphatic hydroxyl groups excluding tert-OH is 2. The summed E-state index contributed by atoms with van der Waals surface area (Å²) in [5.74, 6) is 0.660. The van der Waals surface area contributed by atoms with Crippen LogP contribution in [-0.2, 0) is 19.6 Å². The van der Waals surface area contributed by atoms with Crippen LogP contribution in [0.25, 0.3) is 10.2 Å². The number of H-pyrrole nitrogens is 1. The summed E-state index contributed by atoms with van der Waals surface area (Å²) in [6, 6.07) is 3.70. The summed E-state index contributed by atoms with van der Waals surface area (Å²) in [6.07, 6.45) is -0.0427. The van der Waals surface area contributed by atoms with Crippen LogP contribution in [0.4, 0.5) is 0 Å². The van der Waals surface area contributed by atoms with Crippen LogP contribution in [-0.4, -0.2) is 48.0 Å². The van der Waals surface area contributed by atoms with E-state index in [-0.39, 0.29) is 12.2 Å². The Morgan fingerprint density at radius 2 is 2.23 bits per heavy atom. The van der Waals surface area contributed by atoms with Crippen LogP contribution in [0.1, 0.15) is 34.6 Å². The fourth-order valence-corrected chi connectivity index (χ4v) is 4.22. The van der Waals surface area contributed by atoms with E-state index in [1.807, 2.05) is 23.7 Å². The van der Waals surface area contributed by atoms with Gasteiger partial charge in [0.05, 0.1) is 29.9 Å². The summed E-state index contributed by atoms with van der Waals surface area (Å²) in [5.41, 5.74) is 1.38. The number of hydrogen-bond acceptors (Lipinski definition) is 7. The molecule has 8 nitrogen and oxygen atoms in total. The summed E-state index contributed by atoms with van der Waals surface area (Å²) in [7, 11) is 0. The number of aromatic amines is 1. The number of hydrogen-bond donors (Lipinski definition) is 3. The predicted molar refractivity (Wildman–Crippen MR) is 98.0 cm³/mol. The Morgan fingerprint density at radius 1 is 1.38 bits per heavy atom. The van der Waals surface area contributed by atoms with Gasteiger partial charge in [-0.15, -0.1) is 11.3 Å². The molecular weight excluding hydrogens is 354 g/mol. The zero-order valence-corrected chi connectivity index (χ0v) is 15.3. The average Bonchev–Trinajstić information content (AvgIpc) is 3.12. The van der Waals surface area contributed by atoms with E-state index in [0.29, 0.717) is 30.0 Å². The van der Waals surface area contributed by atoms with Crippen molar-refractivity contribution in [2.45, 2.75) is 39.1 Å². The van der Waals surface area contributed by atoms with E-state index in [2.05, 4.69) is 20.0 Å². The molecule has 0 spiro atoms. The van der Waals surface area contributed by atoms with Gasteiger partial charge in [0.1, 0.15) is 16.8 Å². The molecule has 9 heteroatoms. The Bertz CT molecular complexity index is 992. The molecule has 0 fully saturated rings. The minimum absolute atomic E-state index is 0.0948. The third kappa shape index (κ3) is 3.30. The van der Waals surface area contributed by atoms with Gasteiger partial charge in [-0.2, -0.15) is 5.10 Å². The second kappa shape index (κ2) is 6.92. The molecule has 0 saturated carbocycles. The van der Waals surface area contributed by atoms with E-state index in [0.717, 1.165) is 34.9 Å². The number of thiophene rings is 1. The summed E-state index contributed by atoms with van der Waals surface area (Å²) in [5, 5.41) is 23.9. The molecule has 3 aromatic rings. The first-order valence-corrected chi connectivity index (χ1v) is 9.42. The monoisotopic (exact) mass is 375 g/mol. The first-order valence-electron chi connectivity index (χ1n) is 8.60. The van der Waals surface area contributed by atoms with Gasteiger partial charge in [-0.05, 0) is 25.5 Å². The molecule has 4 heterocycles. The van der Waals surface area contributed by atoms with Gasteiger partial charge in [0.25, 0.3) is 5.56 Å². The maximum Gasteiger partial charge on any atom is 0.259 e. The number of rotatable bonds is 4. The number of aryl methyl sites for hydroxylation is 2. The molecule has 0 amide bonds. The van der Waals surface area contributed by atoms with Crippen LogP contribution in [0.15, 0.2) is 16.9 Å². The van der Waals surface area contributed by atoms with Gasteiger partial charge in [0.2, 0.25) is 0 Å². The van der Waals surface area contributed by atoms with Crippen molar-refractivity contribution in [3.05, 3.63) is 44.6 Å². The van der Waals surface area contributed by atoms with E-state index in [1.54, 1.807) is 0 Å². The van der Waals surface area contributed by atoms with Crippen molar-refractivity contribution in [2.24, 2.45) is 0 Å². The normalized spacial score (nSPS) is 16.6. The maximum atomic E-state index is 12.3. The highest BCUT2D eigenvalue weighted by molar-refractivity contribution is 7.18. The van der Waals surface area contributed by atoms with E-state index < -0.39 is 6.10 Å². The van der Waals surface area contributed by atoms with Crippen LogP contribution < -0.4 is 5.56 Å². The van der Waals surface area contributed by atoms with Crippen molar-refractivity contribution < 1.29 is 10.2 Å². The van der Waals surface area contributed by atoms with Crippen molar-refractivity contribution in [3.63, 3.8) is 0 Å². The molecule has 138 valence electrons. The van der Waals surface area contributed by atoms with Gasteiger partial charge < -0.3 is 15.2 Å². The third-order valence-corrected chi connectivity index (χ3v) is 5.52. The highest BCUT2D eigenvalue weighted by Gasteiger charge is 2.20. The average molecular weight is 375 g/mol. The van der Waals surface area contributed by atoms with Crippen LogP contribution in [0.3, 0.4) is 0 Å². The molecule has 1 aliphatic rings. The SMILES string of the molecule is Cc1cc2c(=O)[nH]c(CN3CCCn4nc([C@H](O)CO)cc4C3)nc2s1. The molecule has 26 heavy (non-hydrogen) atoms. The van der Waals surface area contributed by atoms with Crippen molar-refractivity contribution in [1.82, 2.24) is 24.6 Å². The minimum atomic E-state index is -0.953. The molecule has 3 aromatic heterocycles. The van der Waals surface area contributed by atoms with E-state index in [1.165, 1.54) is 11.3 Å². The highest BCUT2D eigenvalue weighted by Crippen LogP contribution is 2.21. The number of aliphatic hydroxyl groups is 2. The Labute approximate surface area is 153 Å². The summed E-state index contributed by atoms with van der Waals surface area (Å²) in [6.45, 7) is 4.45. The number of aromatic nitrogens is 4. The lowest BCUT2D eigenvalue weighted by Gasteiger charge is -2.18. The number of nitrogens with zero attached hydrogens (tertiary/aromatic N) is 4. The summed E-state index contributed by atoms with van der Waals surface area (Å²) < 4.78 is 1.89. The Hall–Kier alpha value is -2.07. The maximum absolute atomic E-state index is 12.3. The van der Waals surface area contributed by atoms with E-state index >= 15 is 0 Å². The van der Waals surface area contributed by atoms with Gasteiger partial charge in [-0.1, -0.05) is 0 Å². The zero-order chi connectivity index (χ0) is 18.3. The van der Waals surface area contributed by atoms with Crippen molar-refractivity contribution in [1.29, 1.82) is 0 Å². The summed E-state index contributed by atoms with van der Waals surface area (Å²) >= 11 is 1.53. The molecule has 1 atom stereocenters. The van der Waals surface area contributed by atoms with Gasteiger partial charge >= 0.3 is 0 Å². The van der Waals surface area contributed by atoms with Crippen LogP contribution >= 0.6 is 11.3 Å². The molecule has 0 aromatic carbocycles.